The quantitative estimate of drug-likeness (QED) is 0.413. The zero-order valence-corrected chi connectivity index (χ0v) is 14.5. The van der Waals surface area contributed by atoms with Gasteiger partial charge in [0.15, 0.2) is 0 Å². The van der Waals surface area contributed by atoms with E-state index in [9.17, 15) is 22.9 Å². The molecule has 8 heteroatoms. The monoisotopic (exact) mass is 372 g/mol. The van der Waals surface area contributed by atoms with Gasteiger partial charge in [0.05, 0.1) is 11.3 Å². The molecule has 134 valence electrons. The zero-order valence-electron chi connectivity index (χ0n) is 13.7. The van der Waals surface area contributed by atoms with Crippen molar-refractivity contribution in [1.82, 2.24) is 0 Å². The second-order valence-electron chi connectivity index (χ2n) is 5.83. The molecule has 0 aliphatic carbocycles. The predicted octanol–water partition coefficient (Wildman–Crippen LogP) is 2.94. The first-order valence-electron chi connectivity index (χ1n) is 7.58. The highest BCUT2D eigenvalue weighted by atomic mass is 32.2. The van der Waals surface area contributed by atoms with Crippen molar-refractivity contribution in [2.45, 2.75) is 11.8 Å². The fourth-order valence-electron chi connectivity index (χ4n) is 2.77. The lowest BCUT2D eigenvalue weighted by atomic mass is 10.1. The van der Waals surface area contributed by atoms with E-state index in [1.54, 1.807) is 12.1 Å². The van der Waals surface area contributed by atoms with Gasteiger partial charge in [-0.15, -0.1) is 0 Å². The predicted molar refractivity (Wildman–Crippen MR) is 99.0 cm³/mol. The van der Waals surface area contributed by atoms with E-state index in [4.69, 9.17) is 5.73 Å². The molecule has 3 aromatic carbocycles. The van der Waals surface area contributed by atoms with Gasteiger partial charge in [0.25, 0.3) is 16.0 Å². The average Bonchev–Trinajstić information content (AvgIpc) is 2.53. The molecule has 0 aliphatic rings. The Morgan fingerprint density at radius 3 is 2.46 bits per heavy atom. The van der Waals surface area contributed by atoms with Crippen molar-refractivity contribution in [2.24, 2.45) is 0 Å². The number of nitrogen functional groups attached to an aromatic ring is 1. The number of fused-ring (bicyclic) bond motifs is 1. The van der Waals surface area contributed by atoms with Crippen LogP contribution in [0.3, 0.4) is 0 Å². The van der Waals surface area contributed by atoms with Crippen molar-refractivity contribution >= 4 is 38.2 Å². The number of aryl methyl sites for hydroxylation is 1. The van der Waals surface area contributed by atoms with Gasteiger partial charge in [-0.25, -0.2) is 0 Å². The van der Waals surface area contributed by atoms with Crippen molar-refractivity contribution in [2.75, 3.05) is 11.1 Å². The van der Waals surface area contributed by atoms with Crippen LogP contribution in [0.4, 0.5) is 11.4 Å². The number of hydrogen-bond donors (Lipinski definition) is 4. The first-order chi connectivity index (χ1) is 12.2. The Balaban J connectivity index is 2.15. The molecule has 3 aromatic rings. The number of anilines is 2. The average molecular weight is 372 g/mol. The van der Waals surface area contributed by atoms with Crippen LogP contribution in [-0.4, -0.2) is 24.0 Å². The van der Waals surface area contributed by atoms with E-state index in [-0.39, 0.29) is 33.5 Å². The number of phenolic OH excluding ortho intramolecular Hbond substituents is 1. The van der Waals surface area contributed by atoms with Crippen molar-refractivity contribution in [3.8, 4) is 5.75 Å². The molecule has 5 N–H and O–H groups in total. The van der Waals surface area contributed by atoms with Crippen LogP contribution in [0.25, 0.3) is 10.8 Å². The number of benzene rings is 3. The fourth-order valence-corrected chi connectivity index (χ4v) is 3.62. The van der Waals surface area contributed by atoms with Crippen LogP contribution in [0, 0.1) is 6.92 Å². The summed E-state index contributed by atoms with van der Waals surface area (Å²) in [5.41, 5.74) is 7.03. The highest BCUT2D eigenvalue weighted by Gasteiger charge is 2.22. The minimum absolute atomic E-state index is 0.0854. The van der Waals surface area contributed by atoms with Crippen molar-refractivity contribution in [1.29, 1.82) is 0 Å². The Bertz CT molecular complexity index is 1140. The lowest BCUT2D eigenvalue weighted by Gasteiger charge is -2.13. The van der Waals surface area contributed by atoms with E-state index >= 15 is 0 Å². The first-order valence-corrected chi connectivity index (χ1v) is 9.02. The van der Waals surface area contributed by atoms with Gasteiger partial charge in [0.1, 0.15) is 10.6 Å². The molecule has 7 nitrogen and oxygen atoms in total. The van der Waals surface area contributed by atoms with Crippen LogP contribution < -0.4 is 11.1 Å². The standard InChI is InChI=1S/C18H16N2O5S/c1-10-5-6-13(14(19)9-10)18(22)20-15-8-7-11-12(3-2-4-16(11)21)17(15)26(23,24)25/h2-9,21H,19H2,1H3,(H,20,22)(H,23,24,25). The molecular formula is C18H16N2O5S. The molecule has 0 fully saturated rings. The van der Waals surface area contributed by atoms with E-state index in [1.807, 2.05) is 6.92 Å². The maximum absolute atomic E-state index is 12.5. The summed E-state index contributed by atoms with van der Waals surface area (Å²) < 4.78 is 33.5. The van der Waals surface area contributed by atoms with Gasteiger partial charge in [-0.1, -0.05) is 18.2 Å². The molecule has 3 rings (SSSR count). The normalized spacial score (nSPS) is 11.5. The molecule has 0 saturated carbocycles. The molecule has 0 atom stereocenters. The first kappa shape index (κ1) is 17.7. The maximum Gasteiger partial charge on any atom is 0.297 e. The lowest BCUT2D eigenvalue weighted by molar-refractivity contribution is 0.102. The number of rotatable bonds is 3. The number of carbonyl (C=O) groups excluding carboxylic acids is 1. The summed E-state index contributed by atoms with van der Waals surface area (Å²) in [5.74, 6) is -0.764. The van der Waals surface area contributed by atoms with Gasteiger partial charge in [-0.3, -0.25) is 9.35 Å². The van der Waals surface area contributed by atoms with Gasteiger partial charge in [-0.05, 0) is 42.8 Å². The number of hydrogen-bond acceptors (Lipinski definition) is 5. The number of nitrogens with two attached hydrogens (primary N) is 1. The molecule has 0 bridgehead atoms. The van der Waals surface area contributed by atoms with E-state index in [1.165, 1.54) is 36.4 Å². The van der Waals surface area contributed by atoms with Crippen LogP contribution in [-0.2, 0) is 10.1 Å². The fraction of sp³-hybridized carbons (Fsp3) is 0.0556. The van der Waals surface area contributed by atoms with Crippen molar-refractivity contribution in [3.63, 3.8) is 0 Å². The highest BCUT2D eigenvalue weighted by molar-refractivity contribution is 7.86. The minimum atomic E-state index is -4.68. The van der Waals surface area contributed by atoms with Crippen molar-refractivity contribution < 1.29 is 22.9 Å². The number of aromatic hydroxyl groups is 1. The Morgan fingerprint density at radius 1 is 1.08 bits per heavy atom. The topological polar surface area (TPSA) is 130 Å². The van der Waals surface area contributed by atoms with Gasteiger partial charge in [0, 0.05) is 16.5 Å². The number of amides is 1. The second-order valence-corrected chi connectivity index (χ2v) is 7.19. The van der Waals surface area contributed by atoms with Crippen LogP contribution >= 0.6 is 0 Å². The minimum Gasteiger partial charge on any atom is -0.507 e. The summed E-state index contributed by atoms with van der Waals surface area (Å²) in [4.78, 5) is 12.0. The molecule has 0 saturated heterocycles. The SMILES string of the molecule is Cc1ccc(C(=O)Nc2ccc3c(O)cccc3c2S(=O)(=O)O)c(N)c1. The Labute approximate surface area is 149 Å². The summed E-state index contributed by atoms with van der Waals surface area (Å²) in [6.45, 7) is 1.82. The molecule has 0 unspecified atom stereocenters. The van der Waals surface area contributed by atoms with Crippen molar-refractivity contribution in [3.05, 3.63) is 59.7 Å². The van der Waals surface area contributed by atoms with Gasteiger partial charge in [-0.2, -0.15) is 8.42 Å². The third-order valence-corrected chi connectivity index (χ3v) is 4.90. The summed E-state index contributed by atoms with van der Waals surface area (Å²) in [6.07, 6.45) is 0. The van der Waals surface area contributed by atoms with Gasteiger partial charge < -0.3 is 16.2 Å². The van der Waals surface area contributed by atoms with Crippen LogP contribution in [0.2, 0.25) is 0 Å². The summed E-state index contributed by atoms with van der Waals surface area (Å²) in [7, 11) is -4.68. The van der Waals surface area contributed by atoms with E-state index < -0.39 is 20.9 Å². The van der Waals surface area contributed by atoms with Gasteiger partial charge in [0.2, 0.25) is 0 Å². The largest absolute Gasteiger partial charge is 0.507 e. The van der Waals surface area contributed by atoms with Gasteiger partial charge >= 0.3 is 0 Å². The van der Waals surface area contributed by atoms with Crippen LogP contribution in [0.15, 0.2) is 53.4 Å². The molecule has 0 radical (unpaired) electrons. The highest BCUT2D eigenvalue weighted by Crippen LogP contribution is 2.35. The summed E-state index contributed by atoms with van der Waals surface area (Å²) in [6, 6.07) is 11.9. The molecule has 0 aliphatic heterocycles. The third kappa shape index (κ3) is 3.19. The maximum atomic E-state index is 12.5. The Hall–Kier alpha value is -3.10. The third-order valence-electron chi connectivity index (χ3n) is 3.95. The Morgan fingerprint density at radius 2 is 1.81 bits per heavy atom. The molecule has 0 spiro atoms. The molecule has 1 amide bonds. The molecule has 0 aromatic heterocycles. The number of carbonyl (C=O) groups is 1. The van der Waals surface area contributed by atoms with Crippen LogP contribution in [0.5, 0.6) is 5.75 Å². The smallest absolute Gasteiger partial charge is 0.297 e. The van der Waals surface area contributed by atoms with E-state index in [2.05, 4.69) is 5.32 Å². The number of phenols is 1. The summed E-state index contributed by atoms with van der Waals surface area (Å²) in [5, 5.41) is 12.7. The van der Waals surface area contributed by atoms with E-state index in [0.29, 0.717) is 0 Å². The van der Waals surface area contributed by atoms with Crippen LogP contribution in [0.1, 0.15) is 15.9 Å². The molecule has 26 heavy (non-hydrogen) atoms. The molecular weight excluding hydrogens is 356 g/mol. The Kier molecular flexibility index (Phi) is 4.31. The number of nitrogens with one attached hydrogen (secondary N) is 1. The van der Waals surface area contributed by atoms with E-state index in [0.717, 1.165) is 5.56 Å². The summed E-state index contributed by atoms with van der Waals surface area (Å²) >= 11 is 0. The molecule has 0 heterocycles. The lowest BCUT2D eigenvalue weighted by Crippen LogP contribution is -2.16. The second kappa shape index (κ2) is 6.32. The zero-order chi connectivity index (χ0) is 19.1.